The van der Waals surface area contributed by atoms with Crippen LogP contribution in [0.25, 0.3) is 5.70 Å². The van der Waals surface area contributed by atoms with Crippen molar-refractivity contribution in [2.75, 3.05) is 0 Å². The van der Waals surface area contributed by atoms with Crippen molar-refractivity contribution in [1.29, 1.82) is 0 Å². The summed E-state index contributed by atoms with van der Waals surface area (Å²) in [7, 11) is 0. The van der Waals surface area contributed by atoms with Crippen molar-refractivity contribution < 1.29 is 4.92 Å². The number of pyridine rings is 1. The van der Waals surface area contributed by atoms with E-state index in [0.29, 0.717) is 22.7 Å². The molecule has 1 aromatic rings. The van der Waals surface area contributed by atoms with Gasteiger partial charge in [0.1, 0.15) is 10.7 Å². The van der Waals surface area contributed by atoms with E-state index >= 15 is 0 Å². The fourth-order valence-corrected chi connectivity index (χ4v) is 2.24. The minimum Gasteiger partial charge on any atom is -0.258 e. The molecule has 16 heavy (non-hydrogen) atoms. The van der Waals surface area contributed by atoms with E-state index in [1.54, 1.807) is 6.07 Å². The van der Waals surface area contributed by atoms with Crippen LogP contribution >= 0.6 is 23.2 Å². The quantitative estimate of drug-likeness (QED) is 0.575. The van der Waals surface area contributed by atoms with Crippen molar-refractivity contribution in [3.8, 4) is 0 Å². The Morgan fingerprint density at radius 1 is 1.56 bits per heavy atom. The molecule has 0 radical (unpaired) electrons. The largest absolute Gasteiger partial charge is 0.309 e. The van der Waals surface area contributed by atoms with Crippen LogP contribution in [0, 0.1) is 16.0 Å². The summed E-state index contributed by atoms with van der Waals surface area (Å²) in [6.07, 6.45) is 2.03. The molecule has 1 heterocycles. The first-order chi connectivity index (χ1) is 7.52. The Kier molecular flexibility index (Phi) is 2.86. The summed E-state index contributed by atoms with van der Waals surface area (Å²) in [5.41, 5.74) is 0.867. The molecule has 0 saturated heterocycles. The molecule has 0 bridgehead atoms. The maximum absolute atomic E-state index is 11.0. The minimum atomic E-state index is -0.500. The van der Waals surface area contributed by atoms with Gasteiger partial charge in [-0.3, -0.25) is 10.1 Å². The summed E-state index contributed by atoms with van der Waals surface area (Å²) in [6.45, 7) is 1.83. The lowest BCUT2D eigenvalue weighted by Crippen LogP contribution is -2.17. The number of hydrogen-bond donors (Lipinski definition) is 0. The molecule has 0 fully saturated rings. The highest BCUT2D eigenvalue weighted by Crippen LogP contribution is 2.38. The SMILES string of the molecule is CC1Cc2c(Cl)ccnc2C([N+](=O)[O-])=C1Cl. The lowest BCUT2D eigenvalue weighted by molar-refractivity contribution is -0.376. The Labute approximate surface area is 102 Å². The van der Waals surface area contributed by atoms with Gasteiger partial charge in [-0.05, 0) is 12.5 Å². The van der Waals surface area contributed by atoms with Crippen molar-refractivity contribution in [2.24, 2.45) is 5.92 Å². The molecule has 0 amide bonds. The number of aromatic nitrogens is 1. The van der Waals surface area contributed by atoms with E-state index in [2.05, 4.69) is 4.98 Å². The third-order valence-corrected chi connectivity index (χ3v) is 3.48. The Morgan fingerprint density at radius 2 is 2.25 bits per heavy atom. The first-order valence-electron chi connectivity index (χ1n) is 4.70. The molecule has 1 aliphatic rings. The highest BCUT2D eigenvalue weighted by atomic mass is 35.5. The van der Waals surface area contributed by atoms with Crippen molar-refractivity contribution in [3.05, 3.63) is 43.7 Å². The second-order valence-corrected chi connectivity index (χ2v) is 4.49. The fourth-order valence-electron chi connectivity index (χ4n) is 1.78. The second-order valence-electron chi connectivity index (χ2n) is 3.68. The summed E-state index contributed by atoms with van der Waals surface area (Å²) in [5, 5.41) is 11.7. The van der Waals surface area contributed by atoms with Gasteiger partial charge in [0.25, 0.3) is 0 Å². The molecule has 0 aromatic carbocycles. The van der Waals surface area contributed by atoms with Gasteiger partial charge in [-0.25, -0.2) is 4.98 Å². The Balaban J connectivity index is 2.71. The molecule has 2 rings (SSSR count). The molecule has 84 valence electrons. The molecule has 6 heteroatoms. The Bertz CT molecular complexity index is 500. The summed E-state index contributed by atoms with van der Waals surface area (Å²) in [5.74, 6) is -0.101. The summed E-state index contributed by atoms with van der Waals surface area (Å²) in [6, 6.07) is 1.63. The van der Waals surface area contributed by atoms with Crippen LogP contribution in [0.5, 0.6) is 0 Å². The molecule has 1 unspecified atom stereocenters. The first kappa shape index (κ1) is 11.4. The summed E-state index contributed by atoms with van der Waals surface area (Å²) >= 11 is 12.0. The van der Waals surface area contributed by atoms with Crippen LogP contribution in [0.2, 0.25) is 5.02 Å². The number of nitro groups is 1. The maximum Gasteiger partial charge on any atom is 0.309 e. The van der Waals surface area contributed by atoms with E-state index in [9.17, 15) is 10.1 Å². The van der Waals surface area contributed by atoms with Gasteiger partial charge in [-0.15, -0.1) is 0 Å². The molecule has 1 aliphatic carbocycles. The van der Waals surface area contributed by atoms with Crippen LogP contribution in [0.15, 0.2) is 17.3 Å². The number of nitrogens with zero attached hydrogens (tertiary/aromatic N) is 2. The van der Waals surface area contributed by atoms with Gasteiger partial charge in [0, 0.05) is 22.7 Å². The normalized spacial score (nSPS) is 19.6. The van der Waals surface area contributed by atoms with Gasteiger partial charge in [-0.2, -0.15) is 0 Å². The monoisotopic (exact) mass is 258 g/mol. The molecule has 0 spiro atoms. The smallest absolute Gasteiger partial charge is 0.258 e. The number of fused-ring (bicyclic) bond motifs is 1. The predicted molar refractivity (Wildman–Crippen MR) is 61.9 cm³/mol. The number of allylic oxidation sites excluding steroid dienone is 1. The third kappa shape index (κ3) is 1.68. The van der Waals surface area contributed by atoms with Gasteiger partial charge in [-0.1, -0.05) is 30.1 Å². The van der Waals surface area contributed by atoms with Crippen molar-refractivity contribution >= 4 is 28.9 Å². The zero-order valence-electron chi connectivity index (χ0n) is 8.41. The lowest BCUT2D eigenvalue weighted by atomic mass is 9.91. The van der Waals surface area contributed by atoms with Crippen molar-refractivity contribution in [3.63, 3.8) is 0 Å². The van der Waals surface area contributed by atoms with E-state index in [-0.39, 0.29) is 16.6 Å². The van der Waals surface area contributed by atoms with E-state index in [1.807, 2.05) is 6.92 Å². The van der Waals surface area contributed by atoms with Gasteiger partial charge in [0.2, 0.25) is 0 Å². The zero-order chi connectivity index (χ0) is 11.9. The molecule has 0 aliphatic heterocycles. The standard InChI is InChI=1S/C10H8Cl2N2O2/c1-5-4-6-7(11)2-3-13-9(6)10(8(5)12)14(15)16/h2-3,5H,4H2,1H3. The molecular formula is C10H8Cl2N2O2. The number of hydrogen-bond acceptors (Lipinski definition) is 3. The van der Waals surface area contributed by atoms with Crippen LogP contribution in [-0.4, -0.2) is 9.91 Å². The fraction of sp³-hybridized carbons (Fsp3) is 0.300. The van der Waals surface area contributed by atoms with E-state index in [0.717, 1.165) is 0 Å². The van der Waals surface area contributed by atoms with E-state index in [4.69, 9.17) is 23.2 Å². The van der Waals surface area contributed by atoms with Crippen LogP contribution in [0.3, 0.4) is 0 Å². The molecule has 1 aromatic heterocycles. The van der Waals surface area contributed by atoms with Crippen LogP contribution in [0.4, 0.5) is 0 Å². The topological polar surface area (TPSA) is 56.0 Å². The highest BCUT2D eigenvalue weighted by molar-refractivity contribution is 6.33. The van der Waals surface area contributed by atoms with Crippen molar-refractivity contribution in [1.82, 2.24) is 4.98 Å². The van der Waals surface area contributed by atoms with E-state index < -0.39 is 4.92 Å². The predicted octanol–water partition coefficient (Wildman–Crippen LogP) is 3.11. The van der Waals surface area contributed by atoms with Gasteiger partial charge < -0.3 is 0 Å². The Hall–Kier alpha value is -1.13. The number of halogens is 2. The third-order valence-electron chi connectivity index (χ3n) is 2.57. The highest BCUT2D eigenvalue weighted by Gasteiger charge is 2.33. The van der Waals surface area contributed by atoms with Crippen molar-refractivity contribution in [2.45, 2.75) is 13.3 Å². The van der Waals surface area contributed by atoms with Gasteiger partial charge >= 0.3 is 5.70 Å². The van der Waals surface area contributed by atoms with E-state index in [1.165, 1.54) is 6.20 Å². The second kappa shape index (κ2) is 4.03. The number of rotatable bonds is 1. The molecule has 0 N–H and O–H groups in total. The zero-order valence-corrected chi connectivity index (χ0v) is 9.92. The minimum absolute atomic E-state index is 0.101. The van der Waals surface area contributed by atoms with Gasteiger partial charge in [0.15, 0.2) is 0 Å². The van der Waals surface area contributed by atoms with Gasteiger partial charge in [0.05, 0.1) is 4.92 Å². The first-order valence-corrected chi connectivity index (χ1v) is 5.45. The maximum atomic E-state index is 11.0. The molecule has 1 atom stereocenters. The van der Waals surface area contributed by atoms with Crippen LogP contribution < -0.4 is 0 Å². The molecule has 0 saturated carbocycles. The lowest BCUT2D eigenvalue weighted by Gasteiger charge is -2.19. The average molecular weight is 259 g/mol. The summed E-state index contributed by atoms with van der Waals surface area (Å²) in [4.78, 5) is 14.5. The summed E-state index contributed by atoms with van der Waals surface area (Å²) < 4.78 is 0. The average Bonchev–Trinajstić information content (AvgIpc) is 2.21. The Morgan fingerprint density at radius 3 is 2.88 bits per heavy atom. The van der Waals surface area contributed by atoms with Crippen LogP contribution in [-0.2, 0) is 6.42 Å². The van der Waals surface area contributed by atoms with Crippen LogP contribution in [0.1, 0.15) is 18.2 Å². The molecular weight excluding hydrogens is 251 g/mol. The molecule has 4 nitrogen and oxygen atoms in total.